The number of methoxy groups -OCH3 is 2. The van der Waals surface area contributed by atoms with E-state index in [1.807, 2.05) is 73.8 Å². The van der Waals surface area contributed by atoms with Gasteiger partial charge in [-0.3, -0.25) is 4.98 Å². The lowest BCUT2D eigenvalue weighted by atomic mass is 10.1. The van der Waals surface area contributed by atoms with E-state index in [0.29, 0.717) is 28.2 Å². The van der Waals surface area contributed by atoms with Crippen LogP contribution in [-0.2, 0) is 0 Å². The number of nitrogens with one attached hydrogen (secondary N) is 1. The lowest BCUT2D eigenvalue weighted by Crippen LogP contribution is -2.01. The second-order valence-electron chi connectivity index (χ2n) is 11.6. The largest absolute Gasteiger partial charge is 0.491 e. The van der Waals surface area contributed by atoms with Crippen LogP contribution in [0, 0.1) is 13.8 Å². The topological polar surface area (TPSA) is 94.9 Å². The molecule has 0 aliphatic carbocycles. The van der Waals surface area contributed by atoms with Crippen molar-refractivity contribution >= 4 is 155 Å². The molecule has 0 radical (unpaired) electrons. The fourth-order valence-corrected chi connectivity index (χ4v) is 161. The highest BCUT2D eigenvalue weighted by Gasteiger charge is 2.33. The van der Waals surface area contributed by atoms with Crippen molar-refractivity contribution in [3.63, 3.8) is 0 Å². The number of ether oxygens (including phenoxy) is 2. The molecule has 8 nitrogen and oxygen atoms in total. The molecule has 3 heterocycles. The molecule has 310 valence electrons. The summed E-state index contributed by atoms with van der Waals surface area (Å²) in [7, 11) is 28.8. The third-order valence-electron chi connectivity index (χ3n) is 7.63. The van der Waals surface area contributed by atoms with Crippen LogP contribution in [0.25, 0.3) is 33.3 Å². The minimum Gasteiger partial charge on any atom is -0.491 e. The predicted octanol–water partition coefficient (Wildman–Crippen LogP) is 16.9. The van der Waals surface area contributed by atoms with Gasteiger partial charge in [-0.1, -0.05) is 92.7 Å². The van der Waals surface area contributed by atoms with Gasteiger partial charge in [-0.05, 0) is 79.4 Å². The summed E-state index contributed by atoms with van der Waals surface area (Å²) in [5.74, 6) is 1.75. The summed E-state index contributed by atoms with van der Waals surface area (Å²) < 4.78 is 10.8. The summed E-state index contributed by atoms with van der Waals surface area (Å²) in [6, 6.07) is 24.3. The molecule has 6 aromatic rings. The molecule has 0 amide bonds. The lowest BCUT2D eigenvalue weighted by molar-refractivity contribution is 0.413. The number of halogens is 1. The van der Waals surface area contributed by atoms with Crippen molar-refractivity contribution in [2.45, 2.75) is 21.3 Å². The van der Waals surface area contributed by atoms with Crippen LogP contribution in [0.2, 0.25) is 5.15 Å². The van der Waals surface area contributed by atoms with Gasteiger partial charge >= 0.3 is 0 Å². The molecule has 0 aliphatic rings. The summed E-state index contributed by atoms with van der Waals surface area (Å²) in [5.41, 5.74) is 6.73. The summed E-state index contributed by atoms with van der Waals surface area (Å²) >= 11 is 5.93. The Labute approximate surface area is 375 Å². The zero-order valence-electron chi connectivity index (χ0n) is 31.5. The Morgan fingerprint density at radius 2 is 1.16 bits per heavy atom. The average molecular weight is 1070 g/mol. The molecule has 11 unspecified atom stereocenters. The zero-order chi connectivity index (χ0) is 41.6. The first-order valence-electron chi connectivity index (χ1n) is 16.5. The number of fused-ring (bicyclic) bond motifs is 1. The van der Waals surface area contributed by atoms with Crippen molar-refractivity contribution in [3.8, 4) is 34.0 Å². The van der Waals surface area contributed by atoms with Gasteiger partial charge in [0.2, 0.25) is 0 Å². The maximum absolute atomic E-state index is 5.93. The first-order chi connectivity index (χ1) is 27.3. The van der Waals surface area contributed by atoms with Gasteiger partial charge in [0.05, 0.1) is 14.2 Å². The van der Waals surface area contributed by atoms with E-state index in [2.05, 4.69) is 121 Å². The molecular formula is C34H50ClN6O2P15. The highest BCUT2D eigenvalue weighted by atomic mass is 35.5. The zero-order valence-corrected chi connectivity index (χ0v) is 47.8. The summed E-state index contributed by atoms with van der Waals surface area (Å²) in [6.45, 7) is 4.98. The van der Waals surface area contributed by atoms with Crippen molar-refractivity contribution in [3.05, 3.63) is 114 Å². The van der Waals surface area contributed by atoms with Crippen LogP contribution in [0.5, 0.6) is 11.5 Å². The highest BCUT2D eigenvalue weighted by molar-refractivity contribution is 9.28. The quantitative estimate of drug-likeness (QED) is 0.0957. The predicted molar refractivity (Wildman–Crippen MR) is 302 cm³/mol. The molecule has 6 rings (SSSR count). The van der Waals surface area contributed by atoms with E-state index >= 15 is 0 Å². The van der Waals surface area contributed by atoms with Crippen LogP contribution in [0.1, 0.15) is 18.6 Å². The fraction of sp³-hybridized carbons (Fsp3) is 0.147. The second kappa shape index (κ2) is 27.6. The monoisotopic (exact) mass is 1070 g/mol. The molecule has 0 saturated carbocycles. The van der Waals surface area contributed by atoms with E-state index in [4.69, 9.17) is 21.1 Å². The Balaban J connectivity index is 0.000000245. The normalized spacial score (nSPS) is 12.2. The number of aromatic nitrogens is 5. The highest BCUT2D eigenvalue weighted by Crippen LogP contribution is 3.22. The van der Waals surface area contributed by atoms with E-state index in [1.165, 1.54) is 17.5 Å². The van der Waals surface area contributed by atoms with Gasteiger partial charge < -0.3 is 14.8 Å². The van der Waals surface area contributed by atoms with E-state index in [9.17, 15) is 0 Å². The number of rotatable bonds is 12. The summed E-state index contributed by atoms with van der Waals surface area (Å²) in [4.78, 5) is 21.0. The van der Waals surface area contributed by atoms with Gasteiger partial charge in [0.25, 0.3) is 0 Å². The Morgan fingerprint density at radius 1 is 0.638 bits per heavy atom. The first-order valence-corrected chi connectivity index (χ1v) is 43.4. The maximum atomic E-state index is 5.93. The molecular weight excluding hydrogens is 1020 g/mol. The SMILES string of the molecule is C.COc1c(Cl)ncnc1-c1ccc(C)cc1.COc1c(Nc2ccc3ccncc3c2)ncnc1-c1ccc(C)cc1.PPP(P)P(P(P)P)P(P(P)P)P(P)P. The molecule has 11 atom stereocenters. The van der Waals surface area contributed by atoms with E-state index in [-0.39, 0.29) is 49.4 Å². The van der Waals surface area contributed by atoms with E-state index in [0.717, 1.165) is 41.2 Å². The van der Waals surface area contributed by atoms with Crippen molar-refractivity contribution in [2.75, 3.05) is 19.5 Å². The van der Waals surface area contributed by atoms with Crippen molar-refractivity contribution in [1.29, 1.82) is 0 Å². The second-order valence-corrected chi connectivity index (χ2v) is 67.9. The van der Waals surface area contributed by atoms with Crippen LogP contribution >= 0.6 is 133 Å². The third kappa shape index (κ3) is 15.8. The van der Waals surface area contributed by atoms with Gasteiger partial charge in [-0.15, -0.1) is 71.4 Å². The molecule has 1 N–H and O–H groups in total. The van der Waals surface area contributed by atoms with E-state index < -0.39 is 0 Å². The van der Waals surface area contributed by atoms with Gasteiger partial charge in [0.15, 0.2) is 22.5 Å². The van der Waals surface area contributed by atoms with E-state index in [1.54, 1.807) is 26.7 Å². The van der Waals surface area contributed by atoms with Crippen molar-refractivity contribution in [1.82, 2.24) is 24.9 Å². The van der Waals surface area contributed by atoms with Gasteiger partial charge in [0, 0.05) is 34.6 Å². The molecule has 58 heavy (non-hydrogen) atoms. The standard InChI is InChI=1S/C21H18N4O.C12H11ClN2O.CH4.H17P15/c1-14-3-5-16(6-4-14)19-20(26-2)21(24-13-23-19)25-18-8-7-15-9-10-22-12-17(15)11-18;1-8-3-5-9(6-4-8)10-11(16-2)12(13)15-7-14-10;;1-9-13(8)15(12(6)7)14(10(2)3)11(4)5/h3-13H,1-2H3,(H,23,24,25);3-7H,1-2H3;1H4;9H,1-8H2. The Kier molecular flexibility index (Phi) is 25.6. The molecule has 0 bridgehead atoms. The Hall–Kier alpha value is 1.37. The maximum Gasteiger partial charge on any atom is 0.187 e. The molecule has 0 saturated heterocycles. The number of pyridine rings is 1. The average Bonchev–Trinajstić information content (AvgIpc) is 3.20. The molecule has 0 spiro atoms. The van der Waals surface area contributed by atoms with Gasteiger partial charge in [-0.25, -0.2) is 19.9 Å². The van der Waals surface area contributed by atoms with Crippen molar-refractivity contribution < 1.29 is 9.47 Å². The first kappa shape index (κ1) is 53.7. The van der Waals surface area contributed by atoms with Gasteiger partial charge in [-0.2, -0.15) is 0 Å². The molecule has 3 aromatic carbocycles. The molecule has 24 heteroatoms. The van der Waals surface area contributed by atoms with Crippen LogP contribution < -0.4 is 14.8 Å². The number of hydrogen-bond donors (Lipinski definition) is 1. The summed E-state index contributed by atoms with van der Waals surface area (Å²) in [5, 5.41) is 5.86. The third-order valence-corrected chi connectivity index (χ3v) is 96.3. The molecule has 3 aromatic heterocycles. The Bertz CT molecular complexity index is 2170. The van der Waals surface area contributed by atoms with Gasteiger partial charge in [0.1, 0.15) is 24.0 Å². The Morgan fingerprint density at radius 3 is 1.66 bits per heavy atom. The van der Waals surface area contributed by atoms with Crippen LogP contribution in [0.3, 0.4) is 0 Å². The van der Waals surface area contributed by atoms with Crippen LogP contribution in [0.15, 0.2) is 97.8 Å². The van der Waals surface area contributed by atoms with Crippen LogP contribution in [-0.4, -0.2) is 39.1 Å². The number of aryl methyl sites for hydroxylation is 2. The number of hydrogen-bond acceptors (Lipinski definition) is 8. The molecule has 0 aliphatic heterocycles. The lowest BCUT2D eigenvalue weighted by Gasteiger charge is -2.38. The minimum absolute atomic E-state index is 0. The summed E-state index contributed by atoms with van der Waals surface area (Å²) in [6.07, 6.45) is 6.61. The van der Waals surface area contributed by atoms with Crippen molar-refractivity contribution in [2.24, 2.45) is 0 Å². The number of anilines is 2. The molecule has 0 fully saturated rings. The number of nitrogens with zero attached hydrogens (tertiary/aromatic N) is 5. The fourth-order valence-electron chi connectivity index (χ4n) is 4.97. The smallest absolute Gasteiger partial charge is 0.187 e. The van der Waals surface area contributed by atoms with Crippen LogP contribution in [0.4, 0.5) is 11.5 Å². The minimum atomic E-state index is 0. The number of benzene rings is 3.